The normalized spacial score (nSPS) is 20.6. The number of carbonyl (C=O) groups is 1. The molecule has 0 bridgehead atoms. The topological polar surface area (TPSA) is 44.4 Å². The van der Waals surface area contributed by atoms with E-state index in [1.54, 1.807) is 0 Å². The quantitative estimate of drug-likeness (QED) is 0.738. The van der Waals surface area contributed by atoms with Crippen LogP contribution in [0, 0.1) is 5.41 Å². The standard InChI is InChI=1S/C15H31N3O/c1-15(2,12-18(3)4)11-17-14(19)9-8-13-7-5-6-10-16-13/h13,16H,5-12H2,1-4H3,(H,17,19). The highest BCUT2D eigenvalue weighted by atomic mass is 16.1. The minimum atomic E-state index is 0.127. The average Bonchev–Trinajstić information content (AvgIpc) is 2.34. The number of amides is 1. The maximum absolute atomic E-state index is 11.9. The molecule has 0 aromatic rings. The summed E-state index contributed by atoms with van der Waals surface area (Å²) in [5, 5.41) is 6.56. The van der Waals surface area contributed by atoms with E-state index in [1.165, 1.54) is 19.3 Å². The molecule has 4 nitrogen and oxygen atoms in total. The molecule has 2 N–H and O–H groups in total. The van der Waals surface area contributed by atoms with Crippen molar-refractivity contribution in [2.24, 2.45) is 5.41 Å². The van der Waals surface area contributed by atoms with Crippen molar-refractivity contribution < 1.29 is 4.79 Å². The van der Waals surface area contributed by atoms with Crippen molar-refractivity contribution in [1.29, 1.82) is 0 Å². The van der Waals surface area contributed by atoms with Crippen LogP contribution in [0.5, 0.6) is 0 Å². The van der Waals surface area contributed by atoms with Gasteiger partial charge in [-0.15, -0.1) is 0 Å². The summed E-state index contributed by atoms with van der Waals surface area (Å²) in [6, 6.07) is 0.550. The third-order valence-electron chi connectivity index (χ3n) is 3.64. The number of carbonyl (C=O) groups excluding carboxylic acids is 1. The van der Waals surface area contributed by atoms with E-state index >= 15 is 0 Å². The Morgan fingerprint density at radius 1 is 1.37 bits per heavy atom. The maximum Gasteiger partial charge on any atom is 0.220 e. The molecule has 1 fully saturated rings. The molecule has 112 valence electrons. The summed E-state index contributed by atoms with van der Waals surface area (Å²) in [6.07, 6.45) is 5.42. The Morgan fingerprint density at radius 2 is 2.11 bits per heavy atom. The molecule has 19 heavy (non-hydrogen) atoms. The molecule has 0 spiro atoms. The summed E-state index contributed by atoms with van der Waals surface area (Å²) in [4.78, 5) is 14.0. The molecule has 1 atom stereocenters. The van der Waals surface area contributed by atoms with Gasteiger partial charge in [0, 0.05) is 25.6 Å². The number of hydrogen-bond donors (Lipinski definition) is 2. The first-order valence-electron chi connectivity index (χ1n) is 7.54. The maximum atomic E-state index is 11.9. The van der Waals surface area contributed by atoms with Gasteiger partial charge in [0.15, 0.2) is 0 Å². The van der Waals surface area contributed by atoms with E-state index in [-0.39, 0.29) is 11.3 Å². The van der Waals surface area contributed by atoms with Gasteiger partial charge in [-0.05, 0) is 45.3 Å². The van der Waals surface area contributed by atoms with Crippen molar-refractivity contribution in [3.8, 4) is 0 Å². The zero-order valence-corrected chi connectivity index (χ0v) is 13.1. The van der Waals surface area contributed by atoms with Crippen molar-refractivity contribution in [1.82, 2.24) is 15.5 Å². The predicted octanol–water partition coefficient (Wildman–Crippen LogP) is 1.61. The van der Waals surface area contributed by atoms with Gasteiger partial charge in [0.2, 0.25) is 5.91 Å². The van der Waals surface area contributed by atoms with E-state index in [1.807, 2.05) is 0 Å². The van der Waals surface area contributed by atoms with Gasteiger partial charge in [0.25, 0.3) is 0 Å². The molecule has 0 saturated carbocycles. The fourth-order valence-corrected chi connectivity index (χ4v) is 2.81. The van der Waals surface area contributed by atoms with Crippen LogP contribution in [-0.2, 0) is 4.79 Å². The molecule has 1 aliphatic rings. The molecular formula is C15H31N3O. The first-order valence-corrected chi connectivity index (χ1v) is 7.54. The highest BCUT2D eigenvalue weighted by molar-refractivity contribution is 5.75. The van der Waals surface area contributed by atoms with Crippen molar-refractivity contribution in [3.05, 3.63) is 0 Å². The molecule has 4 heteroatoms. The summed E-state index contributed by atoms with van der Waals surface area (Å²) < 4.78 is 0. The second-order valence-electron chi connectivity index (χ2n) is 6.86. The minimum Gasteiger partial charge on any atom is -0.356 e. The Balaban J connectivity index is 2.16. The van der Waals surface area contributed by atoms with Crippen LogP contribution in [0.3, 0.4) is 0 Å². The van der Waals surface area contributed by atoms with Gasteiger partial charge in [-0.25, -0.2) is 0 Å². The van der Waals surface area contributed by atoms with Crippen molar-refractivity contribution in [2.75, 3.05) is 33.7 Å². The SMILES string of the molecule is CN(C)CC(C)(C)CNC(=O)CCC1CCCCN1. The lowest BCUT2D eigenvalue weighted by Crippen LogP contribution is -2.40. The first-order chi connectivity index (χ1) is 8.89. The average molecular weight is 269 g/mol. The van der Waals surface area contributed by atoms with E-state index in [0.29, 0.717) is 12.5 Å². The lowest BCUT2D eigenvalue weighted by molar-refractivity contribution is -0.121. The summed E-state index contributed by atoms with van der Waals surface area (Å²) in [7, 11) is 4.14. The molecule has 1 rings (SSSR count). The van der Waals surface area contributed by atoms with Crippen LogP contribution in [0.2, 0.25) is 0 Å². The smallest absolute Gasteiger partial charge is 0.220 e. The molecule has 1 unspecified atom stereocenters. The number of nitrogens with one attached hydrogen (secondary N) is 2. The predicted molar refractivity (Wildman–Crippen MR) is 80.2 cm³/mol. The molecular weight excluding hydrogens is 238 g/mol. The Labute approximate surface area is 118 Å². The Hall–Kier alpha value is -0.610. The van der Waals surface area contributed by atoms with E-state index in [4.69, 9.17) is 0 Å². The van der Waals surface area contributed by atoms with Crippen LogP contribution >= 0.6 is 0 Å². The van der Waals surface area contributed by atoms with Crippen LogP contribution in [0.25, 0.3) is 0 Å². The lowest BCUT2D eigenvalue weighted by atomic mass is 9.93. The summed E-state index contributed by atoms with van der Waals surface area (Å²) in [6.45, 7) is 7.23. The minimum absolute atomic E-state index is 0.127. The van der Waals surface area contributed by atoms with E-state index < -0.39 is 0 Å². The van der Waals surface area contributed by atoms with E-state index in [9.17, 15) is 4.79 Å². The van der Waals surface area contributed by atoms with Gasteiger partial charge in [0.05, 0.1) is 0 Å². The fraction of sp³-hybridized carbons (Fsp3) is 0.933. The molecule has 0 aromatic heterocycles. The van der Waals surface area contributed by atoms with Gasteiger partial charge < -0.3 is 15.5 Å². The summed E-state index contributed by atoms with van der Waals surface area (Å²) in [5.41, 5.74) is 0.127. The Kier molecular flexibility index (Phi) is 6.80. The first kappa shape index (κ1) is 16.4. The van der Waals surface area contributed by atoms with Crippen molar-refractivity contribution in [2.45, 2.75) is 52.0 Å². The molecule has 1 aliphatic heterocycles. The molecule has 1 heterocycles. The lowest BCUT2D eigenvalue weighted by Gasteiger charge is -2.28. The summed E-state index contributed by atoms with van der Waals surface area (Å²) in [5.74, 6) is 0.194. The molecule has 0 aromatic carbocycles. The number of piperidine rings is 1. The van der Waals surface area contributed by atoms with Gasteiger partial charge in [-0.3, -0.25) is 4.79 Å². The summed E-state index contributed by atoms with van der Waals surface area (Å²) >= 11 is 0. The highest BCUT2D eigenvalue weighted by Crippen LogP contribution is 2.15. The number of rotatable bonds is 7. The van der Waals surface area contributed by atoms with Crippen LogP contribution in [0.15, 0.2) is 0 Å². The van der Waals surface area contributed by atoms with E-state index in [2.05, 4.69) is 43.5 Å². The van der Waals surface area contributed by atoms with Gasteiger partial charge >= 0.3 is 0 Å². The third kappa shape index (κ3) is 7.53. The second-order valence-corrected chi connectivity index (χ2v) is 6.86. The fourth-order valence-electron chi connectivity index (χ4n) is 2.81. The van der Waals surface area contributed by atoms with Crippen molar-refractivity contribution in [3.63, 3.8) is 0 Å². The van der Waals surface area contributed by atoms with Crippen LogP contribution < -0.4 is 10.6 Å². The number of hydrogen-bond acceptors (Lipinski definition) is 3. The van der Waals surface area contributed by atoms with Gasteiger partial charge in [0.1, 0.15) is 0 Å². The van der Waals surface area contributed by atoms with Crippen molar-refractivity contribution >= 4 is 5.91 Å². The van der Waals surface area contributed by atoms with Crippen LogP contribution in [-0.4, -0.2) is 50.6 Å². The third-order valence-corrected chi connectivity index (χ3v) is 3.64. The second kappa shape index (κ2) is 7.85. The van der Waals surface area contributed by atoms with Crippen LogP contribution in [0.1, 0.15) is 46.0 Å². The zero-order chi connectivity index (χ0) is 14.3. The number of nitrogens with zero attached hydrogens (tertiary/aromatic N) is 1. The van der Waals surface area contributed by atoms with Crippen LogP contribution in [0.4, 0.5) is 0 Å². The molecule has 0 aliphatic carbocycles. The van der Waals surface area contributed by atoms with Gasteiger partial charge in [-0.2, -0.15) is 0 Å². The van der Waals surface area contributed by atoms with Gasteiger partial charge in [-0.1, -0.05) is 20.3 Å². The molecule has 1 amide bonds. The largest absolute Gasteiger partial charge is 0.356 e. The van der Waals surface area contributed by atoms with E-state index in [0.717, 1.165) is 26.1 Å². The zero-order valence-electron chi connectivity index (χ0n) is 13.1. The Bertz CT molecular complexity index is 271. The monoisotopic (exact) mass is 269 g/mol. The Morgan fingerprint density at radius 3 is 2.68 bits per heavy atom. The molecule has 0 radical (unpaired) electrons. The molecule has 1 saturated heterocycles. The highest BCUT2D eigenvalue weighted by Gasteiger charge is 2.20.